The van der Waals surface area contributed by atoms with Crippen LogP contribution in [0.2, 0.25) is 0 Å². The number of H-pyrrole nitrogens is 1. The molecule has 0 bridgehead atoms. The van der Waals surface area contributed by atoms with Gasteiger partial charge in [-0.25, -0.2) is 4.98 Å². The lowest BCUT2D eigenvalue weighted by Gasteiger charge is -1.87. The van der Waals surface area contributed by atoms with Crippen LogP contribution in [0.3, 0.4) is 0 Å². The summed E-state index contributed by atoms with van der Waals surface area (Å²) in [6, 6.07) is 2.79. The van der Waals surface area contributed by atoms with Crippen molar-refractivity contribution in [2.24, 2.45) is 0 Å². The molecule has 0 aliphatic carbocycles. The van der Waals surface area contributed by atoms with Gasteiger partial charge in [0.25, 0.3) is 10.1 Å². The summed E-state index contributed by atoms with van der Waals surface area (Å²) < 4.78 is 29.2. The van der Waals surface area contributed by atoms with Crippen LogP contribution in [-0.2, 0) is 10.1 Å². The SMILES string of the molecule is O=S(=O)(O)c1ccc[nH+]c1. The predicted molar refractivity (Wildman–Crippen MR) is 32.8 cm³/mol. The lowest BCUT2D eigenvalue weighted by molar-refractivity contribution is -0.381. The van der Waals surface area contributed by atoms with Crippen molar-refractivity contribution >= 4 is 10.1 Å². The molecule has 0 saturated heterocycles. The molecule has 1 aromatic rings. The van der Waals surface area contributed by atoms with Gasteiger partial charge in [-0.1, -0.05) is 0 Å². The highest BCUT2D eigenvalue weighted by Gasteiger charge is 2.09. The molecular formula is C5H6NO3S+. The van der Waals surface area contributed by atoms with Crippen molar-refractivity contribution in [2.75, 3.05) is 0 Å². The van der Waals surface area contributed by atoms with Crippen LogP contribution in [-0.4, -0.2) is 13.0 Å². The second-order valence-corrected chi connectivity index (χ2v) is 3.14. The van der Waals surface area contributed by atoms with Gasteiger partial charge >= 0.3 is 0 Å². The van der Waals surface area contributed by atoms with Crippen molar-refractivity contribution in [1.82, 2.24) is 0 Å². The van der Waals surface area contributed by atoms with E-state index < -0.39 is 10.1 Å². The molecule has 0 aliphatic rings. The maximum atomic E-state index is 10.4. The van der Waals surface area contributed by atoms with Crippen molar-refractivity contribution in [3.63, 3.8) is 0 Å². The van der Waals surface area contributed by atoms with Gasteiger partial charge in [0, 0.05) is 6.07 Å². The molecule has 2 N–H and O–H groups in total. The Labute approximate surface area is 58.3 Å². The van der Waals surface area contributed by atoms with Crippen LogP contribution >= 0.6 is 0 Å². The van der Waals surface area contributed by atoms with Crippen LogP contribution in [0.5, 0.6) is 0 Å². The van der Waals surface area contributed by atoms with Gasteiger partial charge in [0.15, 0.2) is 17.3 Å². The van der Waals surface area contributed by atoms with Crippen LogP contribution in [0.25, 0.3) is 0 Å². The van der Waals surface area contributed by atoms with Gasteiger partial charge in [-0.2, -0.15) is 8.42 Å². The van der Waals surface area contributed by atoms with Gasteiger partial charge in [0.1, 0.15) is 0 Å². The molecule has 0 unspecified atom stereocenters. The van der Waals surface area contributed by atoms with Gasteiger partial charge in [0.05, 0.1) is 0 Å². The fourth-order valence-electron chi connectivity index (χ4n) is 0.537. The van der Waals surface area contributed by atoms with Crippen LogP contribution in [0.1, 0.15) is 0 Å². The molecule has 0 spiro atoms. The number of rotatable bonds is 1. The van der Waals surface area contributed by atoms with E-state index in [1.807, 2.05) is 0 Å². The summed E-state index contributed by atoms with van der Waals surface area (Å²) in [5, 5.41) is 0. The zero-order valence-corrected chi connectivity index (χ0v) is 5.80. The minimum atomic E-state index is -4.03. The quantitative estimate of drug-likeness (QED) is 0.576. The highest BCUT2D eigenvalue weighted by atomic mass is 32.2. The summed E-state index contributed by atoms with van der Waals surface area (Å²) in [7, 11) is -4.03. The summed E-state index contributed by atoms with van der Waals surface area (Å²) in [4.78, 5) is 2.40. The van der Waals surface area contributed by atoms with E-state index in [4.69, 9.17) is 4.55 Å². The predicted octanol–water partition coefficient (Wildman–Crippen LogP) is -0.253. The summed E-state index contributed by atoms with van der Waals surface area (Å²) in [5.74, 6) is 0. The molecule has 1 rings (SSSR count). The Kier molecular flexibility index (Phi) is 1.69. The van der Waals surface area contributed by atoms with Crippen LogP contribution in [0, 0.1) is 0 Å². The molecule has 1 heterocycles. The Morgan fingerprint density at radius 3 is 2.50 bits per heavy atom. The standard InChI is InChI=1S/C5H5NO3S/c7-10(8,9)5-2-1-3-6-4-5/h1-4H,(H,7,8,9)/p+1. The Hall–Kier alpha value is -0.940. The number of aromatic amines is 1. The third-order valence-electron chi connectivity index (χ3n) is 0.976. The molecule has 0 aromatic carbocycles. The zero-order chi connectivity index (χ0) is 7.61. The number of aromatic nitrogens is 1. The molecule has 0 radical (unpaired) electrons. The maximum absolute atomic E-state index is 10.4. The first kappa shape index (κ1) is 7.17. The van der Waals surface area contributed by atoms with Crippen molar-refractivity contribution in [3.8, 4) is 0 Å². The number of hydrogen-bond acceptors (Lipinski definition) is 2. The van der Waals surface area contributed by atoms with E-state index in [0.29, 0.717) is 0 Å². The second kappa shape index (κ2) is 2.36. The number of nitrogens with one attached hydrogen (secondary N) is 1. The third kappa shape index (κ3) is 1.52. The van der Waals surface area contributed by atoms with Crippen molar-refractivity contribution in [2.45, 2.75) is 4.90 Å². The van der Waals surface area contributed by atoms with Gasteiger partial charge in [-0.3, -0.25) is 4.55 Å². The van der Waals surface area contributed by atoms with Crippen LogP contribution in [0.4, 0.5) is 0 Å². The van der Waals surface area contributed by atoms with Gasteiger partial charge in [-0.15, -0.1) is 0 Å². The summed E-state index contributed by atoms with van der Waals surface area (Å²) in [5.41, 5.74) is 0. The molecule has 0 atom stereocenters. The molecular weight excluding hydrogens is 154 g/mol. The Morgan fingerprint density at radius 2 is 2.20 bits per heavy atom. The maximum Gasteiger partial charge on any atom is 0.300 e. The average Bonchev–Trinajstić information content (AvgIpc) is 1.88. The summed E-state index contributed by atoms with van der Waals surface area (Å²) in [6.45, 7) is 0. The highest BCUT2D eigenvalue weighted by molar-refractivity contribution is 7.85. The lowest BCUT2D eigenvalue weighted by atomic mass is 10.5. The molecule has 4 nitrogen and oxygen atoms in total. The monoisotopic (exact) mass is 160 g/mol. The van der Waals surface area contributed by atoms with E-state index in [-0.39, 0.29) is 4.90 Å². The van der Waals surface area contributed by atoms with Gasteiger partial charge < -0.3 is 0 Å². The molecule has 5 heteroatoms. The van der Waals surface area contributed by atoms with E-state index in [9.17, 15) is 8.42 Å². The van der Waals surface area contributed by atoms with E-state index in [2.05, 4.69) is 4.98 Å². The fraction of sp³-hybridized carbons (Fsp3) is 0. The summed E-state index contributed by atoms with van der Waals surface area (Å²) >= 11 is 0. The number of pyridine rings is 1. The van der Waals surface area contributed by atoms with Gasteiger partial charge in [-0.05, 0) is 6.07 Å². The molecule has 54 valence electrons. The van der Waals surface area contributed by atoms with E-state index in [1.165, 1.54) is 18.3 Å². The molecule has 0 aliphatic heterocycles. The minimum absolute atomic E-state index is 0.130. The zero-order valence-electron chi connectivity index (χ0n) is 4.98. The van der Waals surface area contributed by atoms with Crippen LogP contribution < -0.4 is 4.98 Å². The number of hydrogen-bond donors (Lipinski definition) is 1. The largest absolute Gasteiger partial charge is 0.300 e. The topological polar surface area (TPSA) is 68.5 Å². The Bertz CT molecular complexity index is 305. The Morgan fingerprint density at radius 1 is 1.50 bits per heavy atom. The smallest absolute Gasteiger partial charge is 0.282 e. The first-order valence-corrected chi connectivity index (χ1v) is 3.98. The van der Waals surface area contributed by atoms with Gasteiger partial charge in [0.2, 0.25) is 0 Å². The molecule has 0 amide bonds. The van der Waals surface area contributed by atoms with Crippen molar-refractivity contribution < 1.29 is 18.0 Å². The van der Waals surface area contributed by atoms with E-state index in [1.54, 1.807) is 6.20 Å². The lowest BCUT2D eigenvalue weighted by Crippen LogP contribution is -2.05. The van der Waals surface area contributed by atoms with Crippen molar-refractivity contribution in [1.29, 1.82) is 0 Å². The molecule has 1 aromatic heterocycles. The minimum Gasteiger partial charge on any atom is -0.282 e. The first-order valence-electron chi connectivity index (χ1n) is 2.54. The van der Waals surface area contributed by atoms with Crippen molar-refractivity contribution in [3.05, 3.63) is 24.5 Å². The second-order valence-electron chi connectivity index (χ2n) is 1.71. The van der Waals surface area contributed by atoms with E-state index in [0.717, 1.165) is 0 Å². The highest BCUT2D eigenvalue weighted by Crippen LogP contribution is 2.01. The first-order chi connectivity index (χ1) is 4.61. The molecule has 0 fully saturated rings. The summed E-state index contributed by atoms with van der Waals surface area (Å²) in [6.07, 6.45) is 2.75. The third-order valence-corrected chi connectivity index (χ3v) is 1.83. The average molecular weight is 160 g/mol. The normalized spacial score (nSPS) is 11.3. The Balaban J connectivity index is 3.22. The molecule has 0 saturated carbocycles. The fourth-order valence-corrected chi connectivity index (χ4v) is 1.00. The van der Waals surface area contributed by atoms with E-state index >= 15 is 0 Å². The molecule has 10 heavy (non-hydrogen) atoms. The van der Waals surface area contributed by atoms with Crippen LogP contribution in [0.15, 0.2) is 29.4 Å².